The molecule has 9 heteroatoms. The molecule has 1 aromatic heterocycles. The Morgan fingerprint density at radius 2 is 2.07 bits per heavy atom. The number of benzene rings is 1. The van der Waals surface area contributed by atoms with Crippen molar-refractivity contribution in [1.29, 1.82) is 0 Å². The molecular formula is C21H26N2O6S. The van der Waals surface area contributed by atoms with Crippen molar-refractivity contribution >= 4 is 23.8 Å². The number of carbonyl (C=O) groups is 2. The summed E-state index contributed by atoms with van der Waals surface area (Å²) < 4.78 is 10.8. The molecule has 1 aliphatic carbocycles. The number of carbonyl (C=O) groups excluding carboxylic acids is 1. The van der Waals surface area contributed by atoms with Crippen LogP contribution < -0.4 is 4.74 Å². The highest BCUT2D eigenvalue weighted by atomic mass is 32.1. The Morgan fingerprint density at radius 3 is 2.73 bits per heavy atom. The van der Waals surface area contributed by atoms with Crippen molar-refractivity contribution in [3.63, 3.8) is 0 Å². The molecule has 8 nitrogen and oxygen atoms in total. The number of hydrogen-bond donors (Lipinski definition) is 2. The zero-order chi connectivity index (χ0) is 21.5. The highest BCUT2D eigenvalue weighted by Crippen LogP contribution is 2.38. The minimum atomic E-state index is -0.493. The summed E-state index contributed by atoms with van der Waals surface area (Å²) in [5.74, 6) is 1.22. The van der Waals surface area contributed by atoms with Crippen LogP contribution in [-0.2, 0) is 16.1 Å². The molecule has 1 saturated heterocycles. The number of thiazole rings is 1. The first kappa shape index (κ1) is 22.2. The first-order valence-electron chi connectivity index (χ1n) is 9.74. The van der Waals surface area contributed by atoms with E-state index < -0.39 is 12.1 Å². The first-order valence-corrected chi connectivity index (χ1v) is 10.7. The number of hydrogen-bond acceptors (Lipinski definition) is 8. The fourth-order valence-corrected chi connectivity index (χ4v) is 4.83. The number of ether oxygens (including phenoxy) is 2. The molecule has 2 fully saturated rings. The topological polar surface area (TPSA) is 109 Å². The second kappa shape index (κ2) is 10.5. The molecule has 2 heterocycles. The van der Waals surface area contributed by atoms with Gasteiger partial charge in [0.1, 0.15) is 11.9 Å². The third-order valence-electron chi connectivity index (χ3n) is 5.57. The lowest BCUT2D eigenvalue weighted by atomic mass is 9.78. The smallest absolute Gasteiger partial charge is 0.337 e. The zero-order valence-corrected chi connectivity index (χ0v) is 17.5. The fraction of sp³-hybridized carbons (Fsp3) is 0.476. The number of aliphatic hydroxyl groups excluding tert-OH is 1. The predicted octanol–water partition coefficient (Wildman–Crippen LogP) is 2.28. The quantitative estimate of drug-likeness (QED) is 0.545. The molecule has 1 aromatic carbocycles. The van der Waals surface area contributed by atoms with Crippen LogP contribution in [0.3, 0.4) is 0 Å². The van der Waals surface area contributed by atoms with Crippen molar-refractivity contribution in [3.05, 3.63) is 46.4 Å². The molecule has 4 atom stereocenters. The number of aliphatic hydroxyl groups is 1. The van der Waals surface area contributed by atoms with Gasteiger partial charge in [0.25, 0.3) is 6.47 Å². The Morgan fingerprint density at radius 1 is 1.33 bits per heavy atom. The van der Waals surface area contributed by atoms with Crippen LogP contribution in [0.5, 0.6) is 5.75 Å². The first-order chi connectivity index (χ1) is 14.5. The van der Waals surface area contributed by atoms with E-state index in [1.807, 2.05) is 11.6 Å². The molecule has 4 rings (SSSR count). The Labute approximate surface area is 179 Å². The summed E-state index contributed by atoms with van der Waals surface area (Å²) in [5.41, 5.74) is 3.44. The summed E-state index contributed by atoms with van der Waals surface area (Å²) in [6.45, 7) is 2.64. The molecule has 1 saturated carbocycles. The number of rotatable bonds is 5. The highest BCUT2D eigenvalue weighted by molar-refractivity contribution is 7.07. The number of fused-ring (bicyclic) bond motifs is 1. The van der Waals surface area contributed by atoms with Gasteiger partial charge in [-0.15, -0.1) is 11.3 Å². The second-order valence-corrected chi connectivity index (χ2v) is 8.23. The molecule has 1 aliphatic heterocycles. The Bertz CT molecular complexity index is 831. The van der Waals surface area contributed by atoms with Crippen molar-refractivity contribution in [1.82, 2.24) is 9.88 Å². The van der Waals surface area contributed by atoms with Gasteiger partial charge in [0.15, 0.2) is 0 Å². The maximum absolute atomic E-state index is 11.7. The molecule has 0 spiro atoms. The van der Waals surface area contributed by atoms with Crippen LogP contribution in [0.15, 0.2) is 35.2 Å². The molecule has 2 N–H and O–H groups in total. The lowest BCUT2D eigenvalue weighted by Crippen LogP contribution is -2.42. The van der Waals surface area contributed by atoms with Gasteiger partial charge in [0.2, 0.25) is 0 Å². The monoisotopic (exact) mass is 434 g/mol. The van der Waals surface area contributed by atoms with E-state index in [0.717, 1.165) is 38.2 Å². The Kier molecular flexibility index (Phi) is 7.78. The van der Waals surface area contributed by atoms with Crippen LogP contribution in [0, 0.1) is 11.8 Å². The van der Waals surface area contributed by atoms with E-state index >= 15 is 0 Å². The summed E-state index contributed by atoms with van der Waals surface area (Å²) in [6, 6.07) is 6.95. The number of aromatic nitrogens is 1. The van der Waals surface area contributed by atoms with Gasteiger partial charge in [0, 0.05) is 25.0 Å². The van der Waals surface area contributed by atoms with E-state index in [4.69, 9.17) is 19.4 Å². The summed E-state index contributed by atoms with van der Waals surface area (Å²) in [4.78, 5) is 26.9. The van der Waals surface area contributed by atoms with Crippen molar-refractivity contribution in [3.8, 4) is 5.75 Å². The summed E-state index contributed by atoms with van der Waals surface area (Å²) in [7, 11) is 1.36. The van der Waals surface area contributed by atoms with Gasteiger partial charge in [0.05, 0.1) is 30.0 Å². The summed E-state index contributed by atoms with van der Waals surface area (Å²) in [6.07, 6.45) is 0.826. The van der Waals surface area contributed by atoms with Gasteiger partial charge in [-0.05, 0) is 42.9 Å². The number of esters is 1. The molecule has 0 unspecified atom stereocenters. The third kappa shape index (κ3) is 5.56. The van der Waals surface area contributed by atoms with Crippen LogP contribution in [0.1, 0.15) is 28.9 Å². The molecular weight excluding hydrogens is 408 g/mol. The molecule has 0 amide bonds. The molecule has 2 aromatic rings. The average molecular weight is 435 g/mol. The van der Waals surface area contributed by atoms with Crippen LogP contribution in [-0.4, -0.2) is 64.9 Å². The van der Waals surface area contributed by atoms with Crippen LogP contribution in [0.2, 0.25) is 0 Å². The van der Waals surface area contributed by atoms with E-state index in [9.17, 15) is 9.90 Å². The number of nitrogens with zero attached hydrogens (tertiary/aromatic N) is 2. The van der Waals surface area contributed by atoms with Crippen molar-refractivity contribution in [2.75, 3.05) is 20.2 Å². The van der Waals surface area contributed by atoms with Crippen molar-refractivity contribution < 1.29 is 29.3 Å². The van der Waals surface area contributed by atoms with Gasteiger partial charge in [-0.2, -0.15) is 0 Å². The van der Waals surface area contributed by atoms with Crippen LogP contribution in [0.25, 0.3) is 0 Å². The van der Waals surface area contributed by atoms with E-state index in [1.165, 1.54) is 7.11 Å². The molecule has 0 radical (unpaired) electrons. The maximum Gasteiger partial charge on any atom is 0.337 e. The van der Waals surface area contributed by atoms with Crippen molar-refractivity contribution in [2.24, 2.45) is 11.8 Å². The highest BCUT2D eigenvalue weighted by Gasteiger charge is 2.42. The molecule has 0 bridgehead atoms. The van der Waals surface area contributed by atoms with Gasteiger partial charge < -0.3 is 19.7 Å². The fourth-order valence-electron chi connectivity index (χ4n) is 4.28. The van der Waals surface area contributed by atoms with E-state index in [2.05, 4.69) is 15.3 Å². The Hall–Kier alpha value is -2.49. The average Bonchev–Trinajstić information content (AvgIpc) is 3.38. The van der Waals surface area contributed by atoms with E-state index in [1.54, 1.807) is 29.5 Å². The normalized spacial score (nSPS) is 25.5. The Balaban J connectivity index is 0.000000806. The van der Waals surface area contributed by atoms with Gasteiger partial charge in [-0.25, -0.2) is 9.78 Å². The third-order valence-corrected chi connectivity index (χ3v) is 6.21. The lowest BCUT2D eigenvalue weighted by Gasteiger charge is -2.35. The van der Waals surface area contributed by atoms with Crippen LogP contribution >= 0.6 is 11.3 Å². The SMILES string of the molecule is COC(=O)c1cccc(O[C@@H]2C[C@@H]3CN(Cc4cscn4)C[C@@H]3C[C@H]2O)c1.O=CO. The molecule has 30 heavy (non-hydrogen) atoms. The molecule has 162 valence electrons. The second-order valence-electron chi connectivity index (χ2n) is 7.51. The largest absolute Gasteiger partial charge is 0.488 e. The summed E-state index contributed by atoms with van der Waals surface area (Å²) >= 11 is 1.62. The lowest BCUT2D eigenvalue weighted by molar-refractivity contribution is -0.122. The van der Waals surface area contributed by atoms with Gasteiger partial charge >= 0.3 is 5.97 Å². The van der Waals surface area contributed by atoms with E-state index in [0.29, 0.717) is 23.1 Å². The standard InChI is InChI=1S/C20H24N2O4S.CH2O2/c1-25-20(24)13-3-2-4-17(5-13)26-19-7-15-9-22(8-14(15)6-18(19)23)10-16-11-27-12-21-16;2-1-3/h2-5,11-12,14-15,18-19,23H,6-10H2,1H3;1H,(H,2,3)/t14-,15+,18+,19+;/m0./s1. The van der Waals surface area contributed by atoms with Crippen molar-refractivity contribution in [2.45, 2.75) is 31.6 Å². The molecule has 2 aliphatic rings. The van der Waals surface area contributed by atoms with Crippen LogP contribution in [0.4, 0.5) is 0 Å². The van der Waals surface area contributed by atoms with E-state index in [-0.39, 0.29) is 12.6 Å². The number of likely N-dealkylation sites (tertiary alicyclic amines) is 1. The number of carboxylic acid groups (broad SMARTS) is 1. The minimum absolute atomic E-state index is 0.250. The van der Waals surface area contributed by atoms with Gasteiger partial charge in [-0.3, -0.25) is 9.69 Å². The zero-order valence-electron chi connectivity index (χ0n) is 16.7. The number of methoxy groups -OCH3 is 1. The van der Waals surface area contributed by atoms with Gasteiger partial charge in [-0.1, -0.05) is 6.07 Å². The minimum Gasteiger partial charge on any atom is -0.488 e. The summed E-state index contributed by atoms with van der Waals surface area (Å²) in [5, 5.41) is 19.6. The maximum atomic E-state index is 11.7. The predicted molar refractivity (Wildman–Crippen MR) is 111 cm³/mol.